The molecule has 2 rings (SSSR count). The molecule has 2 aliphatic carbocycles. The summed E-state index contributed by atoms with van der Waals surface area (Å²) in [6.07, 6.45) is 3.48. The molecule has 0 aromatic carbocycles. The summed E-state index contributed by atoms with van der Waals surface area (Å²) in [4.78, 5) is 23.1. The number of carbonyl (C=O) groups excluding carboxylic acids is 1. The molecule has 0 aromatic heterocycles. The second kappa shape index (κ2) is 4.89. The zero-order valence-electron chi connectivity index (χ0n) is 13.7. The standard InChI is InChI=1S/C16H28N2O3/c1-14(2,9-11(19)20)18-13(21)17-12-15(3,4)10-6-7-16(12,5)8-10/h10,12H,6-9H2,1-5H3,(H,19,20)(H2,17,18,21). The van der Waals surface area contributed by atoms with Crippen LogP contribution in [0.4, 0.5) is 4.79 Å². The molecule has 0 radical (unpaired) electrons. The number of fused-ring (bicyclic) bond motifs is 2. The molecule has 21 heavy (non-hydrogen) atoms. The van der Waals surface area contributed by atoms with E-state index in [0.29, 0.717) is 5.92 Å². The zero-order chi connectivity index (χ0) is 16.1. The van der Waals surface area contributed by atoms with Gasteiger partial charge in [0, 0.05) is 11.6 Å². The van der Waals surface area contributed by atoms with Gasteiger partial charge in [0.1, 0.15) is 0 Å². The van der Waals surface area contributed by atoms with Gasteiger partial charge in [-0.2, -0.15) is 0 Å². The lowest BCUT2D eigenvalue weighted by Crippen LogP contribution is -2.58. The smallest absolute Gasteiger partial charge is 0.315 e. The van der Waals surface area contributed by atoms with Gasteiger partial charge in [-0.25, -0.2) is 4.79 Å². The fraction of sp³-hybridized carbons (Fsp3) is 0.875. The fourth-order valence-electron chi connectivity index (χ4n) is 4.56. The highest BCUT2D eigenvalue weighted by Gasteiger charge is 2.59. The van der Waals surface area contributed by atoms with Crippen molar-refractivity contribution >= 4 is 12.0 Å². The minimum absolute atomic E-state index is 0.0889. The van der Waals surface area contributed by atoms with Gasteiger partial charge in [-0.05, 0) is 49.9 Å². The van der Waals surface area contributed by atoms with Crippen LogP contribution in [0.25, 0.3) is 0 Å². The van der Waals surface area contributed by atoms with Crippen LogP contribution in [0.2, 0.25) is 0 Å². The fourth-order valence-corrected chi connectivity index (χ4v) is 4.56. The largest absolute Gasteiger partial charge is 0.481 e. The predicted molar refractivity (Wildman–Crippen MR) is 81.0 cm³/mol. The average molecular weight is 296 g/mol. The minimum atomic E-state index is -0.910. The number of hydrogen-bond donors (Lipinski definition) is 3. The summed E-state index contributed by atoms with van der Waals surface area (Å²) in [6.45, 7) is 10.2. The number of nitrogens with one attached hydrogen (secondary N) is 2. The average Bonchev–Trinajstić information content (AvgIpc) is 2.73. The van der Waals surface area contributed by atoms with Crippen LogP contribution in [0.1, 0.15) is 60.3 Å². The van der Waals surface area contributed by atoms with Crippen molar-refractivity contribution in [1.29, 1.82) is 0 Å². The maximum absolute atomic E-state index is 12.3. The van der Waals surface area contributed by atoms with Crippen molar-refractivity contribution in [3.63, 3.8) is 0 Å². The number of aliphatic carboxylic acids is 1. The molecule has 3 atom stereocenters. The first-order valence-electron chi connectivity index (χ1n) is 7.77. The molecule has 0 aliphatic heterocycles. The highest BCUT2D eigenvalue weighted by molar-refractivity contribution is 5.77. The number of rotatable bonds is 4. The molecule has 2 bridgehead atoms. The Morgan fingerprint density at radius 2 is 1.90 bits per heavy atom. The molecule has 2 amide bonds. The molecule has 2 saturated carbocycles. The van der Waals surface area contributed by atoms with Crippen molar-refractivity contribution in [2.75, 3.05) is 0 Å². The van der Waals surface area contributed by atoms with Crippen LogP contribution in [0.3, 0.4) is 0 Å². The van der Waals surface area contributed by atoms with Crippen molar-refractivity contribution in [3.05, 3.63) is 0 Å². The maximum Gasteiger partial charge on any atom is 0.315 e. The van der Waals surface area contributed by atoms with Crippen molar-refractivity contribution in [2.24, 2.45) is 16.7 Å². The van der Waals surface area contributed by atoms with Crippen LogP contribution in [-0.4, -0.2) is 28.7 Å². The van der Waals surface area contributed by atoms with Crippen LogP contribution in [-0.2, 0) is 4.79 Å². The summed E-state index contributed by atoms with van der Waals surface area (Å²) in [7, 11) is 0. The van der Waals surface area contributed by atoms with E-state index in [9.17, 15) is 9.59 Å². The van der Waals surface area contributed by atoms with Gasteiger partial charge in [-0.3, -0.25) is 4.79 Å². The van der Waals surface area contributed by atoms with Gasteiger partial charge in [0.15, 0.2) is 0 Å². The third-order valence-electron chi connectivity index (χ3n) is 5.59. The Hall–Kier alpha value is -1.26. The van der Waals surface area contributed by atoms with E-state index in [1.807, 2.05) is 0 Å². The topological polar surface area (TPSA) is 78.4 Å². The molecule has 5 heteroatoms. The highest BCUT2D eigenvalue weighted by Crippen LogP contribution is 2.62. The quantitative estimate of drug-likeness (QED) is 0.746. The van der Waals surface area contributed by atoms with Crippen molar-refractivity contribution in [1.82, 2.24) is 10.6 Å². The van der Waals surface area contributed by atoms with Crippen LogP contribution in [0, 0.1) is 16.7 Å². The summed E-state index contributed by atoms with van der Waals surface area (Å²) in [5.41, 5.74) is -0.484. The molecule has 0 saturated heterocycles. The Morgan fingerprint density at radius 1 is 1.29 bits per heavy atom. The number of hydrogen-bond acceptors (Lipinski definition) is 2. The Morgan fingerprint density at radius 3 is 2.38 bits per heavy atom. The normalized spacial score (nSPS) is 33.8. The molecule has 5 nitrogen and oxygen atoms in total. The molecule has 0 aromatic rings. The first-order valence-corrected chi connectivity index (χ1v) is 7.77. The second-order valence-electron chi connectivity index (χ2n) is 8.40. The Balaban J connectivity index is 2.01. The van der Waals surface area contributed by atoms with Crippen molar-refractivity contribution in [2.45, 2.75) is 71.9 Å². The molecule has 3 N–H and O–H groups in total. The van der Waals surface area contributed by atoms with Crippen LogP contribution < -0.4 is 10.6 Å². The second-order valence-corrected chi connectivity index (χ2v) is 8.40. The van der Waals surface area contributed by atoms with Gasteiger partial charge < -0.3 is 15.7 Å². The van der Waals surface area contributed by atoms with Crippen LogP contribution >= 0.6 is 0 Å². The van der Waals surface area contributed by atoms with Gasteiger partial charge in [-0.15, -0.1) is 0 Å². The third kappa shape index (κ3) is 3.01. The molecular formula is C16H28N2O3. The number of carboxylic acids is 1. The number of urea groups is 1. The van der Waals surface area contributed by atoms with E-state index in [1.165, 1.54) is 12.8 Å². The Bertz CT molecular complexity index is 454. The highest BCUT2D eigenvalue weighted by atomic mass is 16.4. The van der Waals surface area contributed by atoms with Crippen LogP contribution in [0.5, 0.6) is 0 Å². The maximum atomic E-state index is 12.3. The number of carboxylic acid groups (broad SMARTS) is 1. The number of carbonyl (C=O) groups is 2. The number of amides is 2. The Kier molecular flexibility index (Phi) is 3.75. The first kappa shape index (κ1) is 16.1. The van der Waals surface area contributed by atoms with Gasteiger partial charge in [0.2, 0.25) is 0 Å². The molecule has 3 unspecified atom stereocenters. The summed E-state index contributed by atoms with van der Waals surface area (Å²) in [5, 5.41) is 14.8. The summed E-state index contributed by atoms with van der Waals surface area (Å²) < 4.78 is 0. The van der Waals surface area contributed by atoms with E-state index < -0.39 is 11.5 Å². The lowest BCUT2D eigenvalue weighted by atomic mass is 9.68. The van der Waals surface area contributed by atoms with E-state index in [0.717, 1.165) is 6.42 Å². The monoisotopic (exact) mass is 296 g/mol. The molecule has 2 aliphatic rings. The van der Waals surface area contributed by atoms with E-state index in [1.54, 1.807) is 13.8 Å². The van der Waals surface area contributed by atoms with Crippen molar-refractivity contribution < 1.29 is 14.7 Å². The van der Waals surface area contributed by atoms with E-state index in [-0.39, 0.29) is 29.3 Å². The lowest BCUT2D eigenvalue weighted by molar-refractivity contribution is -0.138. The third-order valence-corrected chi connectivity index (χ3v) is 5.59. The van der Waals surface area contributed by atoms with Gasteiger partial charge in [0.05, 0.1) is 6.42 Å². The van der Waals surface area contributed by atoms with Gasteiger partial charge in [0.25, 0.3) is 0 Å². The van der Waals surface area contributed by atoms with E-state index in [2.05, 4.69) is 31.4 Å². The van der Waals surface area contributed by atoms with Crippen molar-refractivity contribution in [3.8, 4) is 0 Å². The SMILES string of the molecule is CC(C)(CC(=O)O)NC(=O)NC1C2(C)CCC(C2)C1(C)C. The molecule has 0 spiro atoms. The Labute approximate surface area is 126 Å². The summed E-state index contributed by atoms with van der Waals surface area (Å²) >= 11 is 0. The van der Waals surface area contributed by atoms with E-state index >= 15 is 0 Å². The summed E-state index contributed by atoms with van der Waals surface area (Å²) in [6, 6.07) is -0.113. The first-order chi connectivity index (χ1) is 9.46. The molecular weight excluding hydrogens is 268 g/mol. The predicted octanol–water partition coefficient (Wildman–Crippen LogP) is 2.75. The van der Waals surface area contributed by atoms with Gasteiger partial charge >= 0.3 is 12.0 Å². The molecule has 0 heterocycles. The zero-order valence-corrected chi connectivity index (χ0v) is 13.7. The van der Waals surface area contributed by atoms with Gasteiger partial charge in [-0.1, -0.05) is 20.8 Å². The van der Waals surface area contributed by atoms with Crippen LogP contribution in [0.15, 0.2) is 0 Å². The molecule has 120 valence electrons. The lowest BCUT2D eigenvalue weighted by Gasteiger charge is -2.43. The minimum Gasteiger partial charge on any atom is -0.481 e. The summed E-state index contributed by atoms with van der Waals surface area (Å²) in [5.74, 6) is -0.243. The molecule has 2 fully saturated rings. The van der Waals surface area contributed by atoms with E-state index in [4.69, 9.17) is 5.11 Å².